The molecule has 0 saturated carbocycles. The van der Waals surface area contributed by atoms with E-state index in [9.17, 15) is 0 Å². The van der Waals surface area contributed by atoms with Crippen molar-refractivity contribution >= 4 is 6.21 Å². The van der Waals surface area contributed by atoms with Crippen molar-refractivity contribution in [2.24, 2.45) is 5.16 Å². The molecule has 70 valence electrons. The third-order valence-corrected chi connectivity index (χ3v) is 1.83. The Labute approximate surface area is 127 Å². The summed E-state index contributed by atoms with van der Waals surface area (Å²) in [5, 5.41) is 12.6. The summed E-state index contributed by atoms with van der Waals surface area (Å²) in [5.41, 5.74) is 2.63. The first kappa shape index (κ1) is 14.3. The Morgan fingerprint density at radius 2 is 2.21 bits per heavy atom. The van der Waals surface area contributed by atoms with Gasteiger partial charge in [-0.25, -0.2) is 0 Å². The van der Waals surface area contributed by atoms with Crippen LogP contribution in [0.2, 0.25) is 0 Å². The molecule has 0 amide bonds. The number of rotatable bonds is 3. The molecule has 0 aliphatic carbocycles. The fraction of sp³-hybridized carbons (Fsp3) is 0.300. The van der Waals surface area contributed by atoms with Gasteiger partial charge in [0.1, 0.15) is 7.11 Å². The summed E-state index contributed by atoms with van der Waals surface area (Å²) >= 11 is 0. The topological polar surface area (TPSA) is 41.8 Å². The minimum absolute atomic E-state index is 0. The van der Waals surface area contributed by atoms with Crippen molar-refractivity contribution in [2.45, 2.75) is 13.5 Å². The Hall–Kier alpha value is 0.286. The van der Waals surface area contributed by atoms with Crippen molar-refractivity contribution in [1.82, 2.24) is 0 Å². The molecule has 0 aromatic heterocycles. The largest absolute Gasteiger partial charge is 1.00 e. The van der Waals surface area contributed by atoms with Crippen LogP contribution < -0.4 is 51.4 Å². The van der Waals surface area contributed by atoms with Crippen LogP contribution in [-0.4, -0.2) is 18.4 Å². The third-order valence-electron chi connectivity index (χ3n) is 1.83. The molecule has 14 heavy (non-hydrogen) atoms. The van der Waals surface area contributed by atoms with Gasteiger partial charge in [-0.05, 0) is 6.21 Å². The molecule has 0 bridgehead atoms. The van der Waals surface area contributed by atoms with Crippen LogP contribution in [0.3, 0.4) is 0 Å². The maximum absolute atomic E-state index is 9.08. The summed E-state index contributed by atoms with van der Waals surface area (Å²) in [4.78, 5) is 4.52. The molecule has 1 aromatic carbocycles. The number of aryl methyl sites for hydroxylation is 1. The molecular weight excluding hydrogens is 205 g/mol. The number of aliphatic hydroxyl groups is 1. The molecule has 0 saturated heterocycles. The molecule has 1 rings (SSSR count). The molecule has 4 heteroatoms. The maximum Gasteiger partial charge on any atom is 1.00 e. The zero-order valence-electron chi connectivity index (χ0n) is 8.74. The molecular formula is C10H12KNO2. The molecule has 3 nitrogen and oxygen atoms in total. The molecule has 1 aromatic rings. The minimum Gasteiger partial charge on any atom is -0.412 e. The molecule has 1 N–H and O–H groups in total. The van der Waals surface area contributed by atoms with Crippen LogP contribution >= 0.6 is 0 Å². The third kappa shape index (κ3) is 3.80. The van der Waals surface area contributed by atoms with Gasteiger partial charge in [0.15, 0.2) is 0 Å². The number of hydrogen-bond donors (Lipinski definition) is 1. The van der Waals surface area contributed by atoms with Crippen LogP contribution in [0.15, 0.2) is 23.4 Å². The van der Waals surface area contributed by atoms with E-state index in [1.54, 1.807) is 0 Å². The van der Waals surface area contributed by atoms with Gasteiger partial charge in [-0.15, -0.1) is 17.2 Å². The minimum atomic E-state index is -0.00571. The fourth-order valence-electron chi connectivity index (χ4n) is 1.11. The van der Waals surface area contributed by atoms with E-state index in [1.165, 1.54) is 7.11 Å². The first-order valence-corrected chi connectivity index (χ1v) is 3.98. The Morgan fingerprint density at radius 1 is 1.50 bits per heavy atom. The zero-order valence-corrected chi connectivity index (χ0v) is 11.9. The van der Waals surface area contributed by atoms with E-state index >= 15 is 0 Å². The normalized spacial score (nSPS) is 9.93. The first-order valence-electron chi connectivity index (χ1n) is 3.98. The van der Waals surface area contributed by atoms with E-state index in [0.29, 0.717) is 0 Å². The first-order chi connectivity index (χ1) is 6.29. The van der Waals surface area contributed by atoms with Gasteiger partial charge >= 0.3 is 51.4 Å². The van der Waals surface area contributed by atoms with Crippen LogP contribution in [0.1, 0.15) is 16.7 Å². The smallest absolute Gasteiger partial charge is 0.412 e. The molecule has 0 spiro atoms. The van der Waals surface area contributed by atoms with Gasteiger partial charge in [0.25, 0.3) is 0 Å². The van der Waals surface area contributed by atoms with Gasteiger partial charge < -0.3 is 9.94 Å². The van der Waals surface area contributed by atoms with E-state index in [0.717, 1.165) is 16.7 Å². The van der Waals surface area contributed by atoms with Gasteiger partial charge in [0.05, 0.1) is 0 Å². The summed E-state index contributed by atoms with van der Waals surface area (Å²) in [6, 6.07) is 5.66. The molecule has 0 fully saturated rings. The fourth-order valence-corrected chi connectivity index (χ4v) is 1.11. The zero-order chi connectivity index (χ0) is 9.68. The second-order valence-corrected chi connectivity index (χ2v) is 2.64. The van der Waals surface area contributed by atoms with Crippen LogP contribution in [0.25, 0.3) is 0 Å². The van der Waals surface area contributed by atoms with Gasteiger partial charge in [0, 0.05) is 6.61 Å². The van der Waals surface area contributed by atoms with Crippen molar-refractivity contribution in [3.8, 4) is 0 Å². The van der Waals surface area contributed by atoms with Crippen molar-refractivity contribution in [1.29, 1.82) is 0 Å². The molecule has 0 heterocycles. The quantitative estimate of drug-likeness (QED) is 0.285. The predicted molar refractivity (Wildman–Crippen MR) is 50.6 cm³/mol. The van der Waals surface area contributed by atoms with Crippen LogP contribution in [0, 0.1) is 6.92 Å². The second-order valence-electron chi connectivity index (χ2n) is 2.64. The van der Waals surface area contributed by atoms with Gasteiger partial charge in [-0.2, -0.15) is 16.8 Å². The Morgan fingerprint density at radius 3 is 2.79 bits per heavy atom. The molecule has 0 atom stereocenters. The Balaban J connectivity index is 0.00000169. The van der Waals surface area contributed by atoms with Gasteiger partial charge in [-0.3, -0.25) is 0 Å². The Kier molecular flexibility index (Phi) is 7.72. The molecule has 0 unspecified atom stereocenters. The summed E-state index contributed by atoms with van der Waals surface area (Å²) in [6.07, 6.45) is 2.70. The van der Waals surface area contributed by atoms with Crippen LogP contribution in [-0.2, 0) is 11.4 Å². The van der Waals surface area contributed by atoms with E-state index in [4.69, 9.17) is 5.11 Å². The van der Waals surface area contributed by atoms with Gasteiger partial charge in [0.2, 0.25) is 0 Å². The van der Waals surface area contributed by atoms with Crippen LogP contribution in [0.4, 0.5) is 0 Å². The SMILES string of the molecule is CON=[C-]c1cccc(C)c1CO.[K+]. The predicted octanol–water partition coefficient (Wildman–Crippen LogP) is -1.65. The average Bonchev–Trinajstić information content (AvgIpc) is 2.15. The van der Waals surface area contributed by atoms with Crippen molar-refractivity contribution < 1.29 is 61.3 Å². The standard InChI is InChI=1S/C10H12NO2.K/c1-8-4-3-5-9(6-11-13-2)10(8)7-12;/h3-5,12H,7H2,1-2H3;/q-1;+1. The summed E-state index contributed by atoms with van der Waals surface area (Å²) in [5.74, 6) is 0. The van der Waals surface area contributed by atoms with Crippen molar-refractivity contribution in [3.63, 3.8) is 0 Å². The summed E-state index contributed by atoms with van der Waals surface area (Å²) < 4.78 is 0. The van der Waals surface area contributed by atoms with E-state index < -0.39 is 0 Å². The monoisotopic (exact) mass is 217 g/mol. The average molecular weight is 217 g/mol. The maximum atomic E-state index is 9.08. The van der Waals surface area contributed by atoms with Crippen molar-refractivity contribution in [3.05, 3.63) is 34.9 Å². The molecule has 0 aliphatic rings. The van der Waals surface area contributed by atoms with E-state index in [1.807, 2.05) is 25.1 Å². The second kappa shape index (κ2) is 7.56. The summed E-state index contributed by atoms with van der Waals surface area (Å²) in [6.45, 7) is 1.93. The number of benzene rings is 1. The Bertz CT molecular complexity index is 313. The molecule has 0 aliphatic heterocycles. The van der Waals surface area contributed by atoms with Crippen LogP contribution in [0.5, 0.6) is 0 Å². The summed E-state index contributed by atoms with van der Waals surface area (Å²) in [7, 11) is 1.46. The number of nitrogens with zero attached hydrogens (tertiary/aromatic N) is 1. The van der Waals surface area contributed by atoms with E-state index in [-0.39, 0.29) is 58.0 Å². The van der Waals surface area contributed by atoms with Gasteiger partial charge in [-0.1, -0.05) is 13.0 Å². The number of hydrogen-bond acceptors (Lipinski definition) is 3. The molecule has 0 radical (unpaired) electrons. The van der Waals surface area contributed by atoms with E-state index in [2.05, 4.69) is 16.2 Å². The number of aliphatic hydroxyl groups excluding tert-OH is 1. The van der Waals surface area contributed by atoms with Crippen molar-refractivity contribution in [2.75, 3.05) is 7.11 Å².